The standard InChI is InChI=1S/C39H28/c1-4-16-33(17-5-1)39(34-18-6-2-7-19-34,35-20-8-3-9-21-35)36-25-23-29(24-26-36)37-22-12-15-32-27-30-13-10-11-14-31(30)28-38(32)37/h1-28H. The van der Waals surface area contributed by atoms with Gasteiger partial charge < -0.3 is 0 Å². The minimum Gasteiger partial charge on any atom is -0.0622 e. The first-order chi connectivity index (χ1) is 19.3. The van der Waals surface area contributed by atoms with Gasteiger partial charge in [-0.05, 0) is 67.1 Å². The van der Waals surface area contributed by atoms with Crippen LogP contribution in [0.1, 0.15) is 22.3 Å². The normalized spacial score (nSPS) is 11.6. The molecule has 0 amide bonds. The fourth-order valence-corrected chi connectivity index (χ4v) is 6.18. The van der Waals surface area contributed by atoms with Crippen LogP contribution in [0, 0.1) is 0 Å². The Morgan fingerprint density at radius 2 is 0.744 bits per heavy atom. The van der Waals surface area contributed by atoms with Crippen LogP contribution < -0.4 is 0 Å². The van der Waals surface area contributed by atoms with Crippen molar-refractivity contribution in [3.05, 3.63) is 192 Å². The average Bonchev–Trinajstić information content (AvgIpc) is 3.02. The maximum atomic E-state index is 2.33. The van der Waals surface area contributed by atoms with E-state index in [1.54, 1.807) is 0 Å². The second-order valence-electron chi connectivity index (χ2n) is 10.2. The van der Waals surface area contributed by atoms with Gasteiger partial charge in [0, 0.05) is 0 Å². The highest BCUT2D eigenvalue weighted by atomic mass is 14.4. The van der Waals surface area contributed by atoms with E-state index in [-0.39, 0.29) is 0 Å². The van der Waals surface area contributed by atoms with Crippen molar-refractivity contribution < 1.29 is 0 Å². The molecule has 0 N–H and O–H groups in total. The molecule has 0 saturated carbocycles. The van der Waals surface area contributed by atoms with Gasteiger partial charge in [0.15, 0.2) is 0 Å². The lowest BCUT2D eigenvalue weighted by Gasteiger charge is -2.37. The molecule has 184 valence electrons. The third kappa shape index (κ3) is 3.93. The molecule has 7 aromatic carbocycles. The van der Waals surface area contributed by atoms with Crippen LogP contribution in [-0.2, 0) is 5.41 Å². The molecular formula is C39H28. The van der Waals surface area contributed by atoms with Gasteiger partial charge >= 0.3 is 0 Å². The van der Waals surface area contributed by atoms with Gasteiger partial charge in [-0.1, -0.05) is 158 Å². The van der Waals surface area contributed by atoms with E-state index in [4.69, 9.17) is 0 Å². The molecule has 0 atom stereocenters. The van der Waals surface area contributed by atoms with E-state index >= 15 is 0 Å². The van der Waals surface area contributed by atoms with Crippen LogP contribution in [-0.4, -0.2) is 0 Å². The summed E-state index contributed by atoms with van der Waals surface area (Å²) in [5, 5.41) is 5.09. The van der Waals surface area contributed by atoms with Crippen LogP contribution in [0.2, 0.25) is 0 Å². The van der Waals surface area contributed by atoms with Crippen molar-refractivity contribution in [2.45, 2.75) is 5.41 Å². The summed E-state index contributed by atoms with van der Waals surface area (Å²) < 4.78 is 0. The molecule has 0 unspecified atom stereocenters. The van der Waals surface area contributed by atoms with Gasteiger partial charge in [0.05, 0.1) is 5.41 Å². The van der Waals surface area contributed by atoms with Crippen LogP contribution in [0.5, 0.6) is 0 Å². The lowest BCUT2D eigenvalue weighted by molar-refractivity contribution is 0.745. The Kier molecular flexibility index (Phi) is 5.79. The van der Waals surface area contributed by atoms with Gasteiger partial charge in [-0.25, -0.2) is 0 Å². The van der Waals surface area contributed by atoms with Crippen LogP contribution in [0.3, 0.4) is 0 Å². The van der Waals surface area contributed by atoms with Crippen LogP contribution in [0.25, 0.3) is 32.7 Å². The molecule has 7 aromatic rings. The van der Waals surface area contributed by atoms with E-state index in [9.17, 15) is 0 Å². The minimum absolute atomic E-state index is 0.433. The number of fused-ring (bicyclic) bond motifs is 2. The summed E-state index contributed by atoms with van der Waals surface area (Å²) in [5.74, 6) is 0. The Labute approximate surface area is 229 Å². The van der Waals surface area contributed by atoms with Gasteiger partial charge in [-0.3, -0.25) is 0 Å². The van der Waals surface area contributed by atoms with Crippen LogP contribution in [0.4, 0.5) is 0 Å². The van der Waals surface area contributed by atoms with E-state index in [2.05, 4.69) is 170 Å². The smallest absolute Gasteiger partial charge is 0.0622 e. The van der Waals surface area contributed by atoms with Crippen LogP contribution in [0.15, 0.2) is 170 Å². The van der Waals surface area contributed by atoms with Crippen molar-refractivity contribution in [2.24, 2.45) is 0 Å². The van der Waals surface area contributed by atoms with Gasteiger partial charge in [-0.15, -0.1) is 0 Å². The summed E-state index contributed by atoms with van der Waals surface area (Å²) in [7, 11) is 0. The number of benzene rings is 7. The first-order valence-corrected chi connectivity index (χ1v) is 13.5. The number of hydrogen-bond acceptors (Lipinski definition) is 0. The lowest BCUT2D eigenvalue weighted by Crippen LogP contribution is -2.30. The highest BCUT2D eigenvalue weighted by Crippen LogP contribution is 2.45. The molecule has 0 aromatic heterocycles. The van der Waals surface area contributed by atoms with E-state index in [0.29, 0.717) is 0 Å². The van der Waals surface area contributed by atoms with E-state index < -0.39 is 5.41 Å². The van der Waals surface area contributed by atoms with Gasteiger partial charge in [0.25, 0.3) is 0 Å². The summed E-state index contributed by atoms with van der Waals surface area (Å²) in [4.78, 5) is 0. The molecule has 0 radical (unpaired) electrons. The number of hydrogen-bond donors (Lipinski definition) is 0. The molecule has 0 heterocycles. The Morgan fingerprint density at radius 1 is 0.308 bits per heavy atom. The molecule has 0 aliphatic carbocycles. The molecule has 39 heavy (non-hydrogen) atoms. The van der Waals surface area contributed by atoms with E-state index in [1.165, 1.54) is 54.9 Å². The second kappa shape index (κ2) is 9.74. The summed E-state index contributed by atoms with van der Waals surface area (Å²) in [6.07, 6.45) is 0. The summed E-state index contributed by atoms with van der Waals surface area (Å²) >= 11 is 0. The predicted molar refractivity (Wildman–Crippen MR) is 165 cm³/mol. The zero-order chi connectivity index (χ0) is 26.1. The fraction of sp³-hybridized carbons (Fsp3) is 0.0256. The predicted octanol–water partition coefficient (Wildman–Crippen LogP) is 10.0. The molecule has 7 rings (SSSR count). The van der Waals surface area contributed by atoms with E-state index in [0.717, 1.165) is 0 Å². The van der Waals surface area contributed by atoms with Crippen molar-refractivity contribution in [3.63, 3.8) is 0 Å². The molecule has 0 aliphatic heterocycles. The van der Waals surface area contributed by atoms with Crippen molar-refractivity contribution in [1.82, 2.24) is 0 Å². The van der Waals surface area contributed by atoms with Crippen molar-refractivity contribution in [1.29, 1.82) is 0 Å². The summed E-state index contributed by atoms with van der Waals surface area (Å²) in [6, 6.07) is 61.8. The Balaban J connectivity index is 1.45. The fourth-order valence-electron chi connectivity index (χ4n) is 6.18. The zero-order valence-corrected chi connectivity index (χ0v) is 21.7. The third-order valence-corrected chi connectivity index (χ3v) is 8.00. The molecular weight excluding hydrogens is 468 g/mol. The maximum Gasteiger partial charge on any atom is 0.0701 e. The molecule has 0 bridgehead atoms. The zero-order valence-electron chi connectivity index (χ0n) is 21.7. The second-order valence-corrected chi connectivity index (χ2v) is 10.2. The molecule has 0 spiro atoms. The number of rotatable bonds is 5. The monoisotopic (exact) mass is 496 g/mol. The SMILES string of the molecule is c1ccc(C(c2ccccc2)(c2ccccc2)c2ccc(-c3cccc4cc5ccccc5cc34)cc2)cc1. The molecule has 0 heteroatoms. The van der Waals surface area contributed by atoms with Crippen molar-refractivity contribution >= 4 is 21.5 Å². The van der Waals surface area contributed by atoms with Gasteiger partial charge in [0.1, 0.15) is 0 Å². The van der Waals surface area contributed by atoms with Crippen molar-refractivity contribution in [2.75, 3.05) is 0 Å². The Hall–Kier alpha value is -4.94. The Morgan fingerprint density at radius 3 is 1.28 bits per heavy atom. The molecule has 0 nitrogen and oxygen atoms in total. The largest absolute Gasteiger partial charge is 0.0701 e. The topological polar surface area (TPSA) is 0 Å². The van der Waals surface area contributed by atoms with E-state index in [1.807, 2.05) is 0 Å². The Bertz CT molecular complexity index is 1770. The van der Waals surface area contributed by atoms with Crippen molar-refractivity contribution in [3.8, 4) is 11.1 Å². The molecule has 0 fully saturated rings. The van der Waals surface area contributed by atoms with Crippen LogP contribution >= 0.6 is 0 Å². The van der Waals surface area contributed by atoms with Gasteiger partial charge in [0.2, 0.25) is 0 Å². The molecule has 0 saturated heterocycles. The third-order valence-electron chi connectivity index (χ3n) is 8.00. The minimum atomic E-state index is -0.433. The average molecular weight is 497 g/mol. The first-order valence-electron chi connectivity index (χ1n) is 13.5. The highest BCUT2D eigenvalue weighted by Gasteiger charge is 2.38. The maximum absolute atomic E-state index is 2.33. The lowest BCUT2D eigenvalue weighted by atomic mass is 9.65. The highest BCUT2D eigenvalue weighted by molar-refractivity contribution is 6.05. The van der Waals surface area contributed by atoms with Gasteiger partial charge in [-0.2, -0.15) is 0 Å². The summed E-state index contributed by atoms with van der Waals surface area (Å²) in [5.41, 5.74) is 7.07. The quantitative estimate of drug-likeness (QED) is 0.164. The molecule has 0 aliphatic rings. The first kappa shape index (κ1) is 23.2. The summed E-state index contributed by atoms with van der Waals surface area (Å²) in [6.45, 7) is 0.